The van der Waals surface area contributed by atoms with Crippen LogP contribution in [0.15, 0.2) is 73.3 Å². The number of fused-ring (bicyclic) bond motifs is 2. The summed E-state index contributed by atoms with van der Waals surface area (Å²) in [6.07, 6.45) is 7.65. The highest BCUT2D eigenvalue weighted by atomic mass is 16.5. The number of pyridine rings is 1. The van der Waals surface area contributed by atoms with Crippen LogP contribution in [0.3, 0.4) is 0 Å². The number of aryl methyl sites for hydroxylation is 1. The zero-order chi connectivity index (χ0) is 31.6. The van der Waals surface area contributed by atoms with Crippen molar-refractivity contribution < 1.29 is 14.3 Å². The van der Waals surface area contributed by atoms with Crippen molar-refractivity contribution in [3.05, 3.63) is 90.7 Å². The minimum absolute atomic E-state index is 0.0144. The fraction of sp³-hybridized carbons (Fsp3) is 0.294. The summed E-state index contributed by atoms with van der Waals surface area (Å²) in [4.78, 5) is 45.0. The molecule has 1 amide bonds. The van der Waals surface area contributed by atoms with Crippen LogP contribution in [0.5, 0.6) is 11.6 Å². The van der Waals surface area contributed by atoms with Gasteiger partial charge in [-0.2, -0.15) is 0 Å². The van der Waals surface area contributed by atoms with Crippen molar-refractivity contribution in [2.24, 2.45) is 0 Å². The molecule has 5 heterocycles. The number of methoxy groups -OCH3 is 2. The number of imidazole rings is 2. The first-order valence-electron chi connectivity index (χ1n) is 15.3. The number of aromatic amines is 1. The lowest BCUT2D eigenvalue weighted by atomic mass is 10.1. The molecule has 46 heavy (non-hydrogen) atoms. The van der Waals surface area contributed by atoms with Crippen LogP contribution in [-0.2, 0) is 17.9 Å². The van der Waals surface area contributed by atoms with Gasteiger partial charge in [-0.05, 0) is 37.6 Å². The maximum atomic E-state index is 14.3. The normalized spacial score (nSPS) is 15.7. The summed E-state index contributed by atoms with van der Waals surface area (Å²) in [5.74, 6) is 2.70. The minimum Gasteiger partial charge on any atom is -0.497 e. The van der Waals surface area contributed by atoms with E-state index in [1.807, 2.05) is 58.9 Å². The molecule has 12 heteroatoms. The third-order valence-corrected chi connectivity index (χ3v) is 8.60. The summed E-state index contributed by atoms with van der Waals surface area (Å²) in [6, 6.07) is 15.4. The van der Waals surface area contributed by atoms with E-state index in [0.29, 0.717) is 37.8 Å². The van der Waals surface area contributed by atoms with Crippen LogP contribution in [0.1, 0.15) is 29.8 Å². The number of ether oxygens (including phenoxy) is 2. The van der Waals surface area contributed by atoms with E-state index in [4.69, 9.17) is 24.4 Å². The van der Waals surface area contributed by atoms with Gasteiger partial charge in [0, 0.05) is 56.2 Å². The molecule has 1 atom stereocenters. The molecular formula is C34H35N9O3. The number of nitrogens with one attached hydrogen (secondary N) is 1. The maximum absolute atomic E-state index is 14.3. The Morgan fingerprint density at radius 1 is 0.957 bits per heavy atom. The largest absolute Gasteiger partial charge is 0.497 e. The Kier molecular flexibility index (Phi) is 8.02. The third kappa shape index (κ3) is 5.74. The molecule has 12 nitrogen and oxygen atoms in total. The molecule has 1 aliphatic rings. The fourth-order valence-electron chi connectivity index (χ4n) is 6.22. The van der Waals surface area contributed by atoms with Crippen LogP contribution in [0, 0.1) is 6.92 Å². The molecule has 1 N–H and O–H groups in total. The second-order valence-electron chi connectivity index (χ2n) is 11.4. The standard InChI is InChI=1S/C34H35N9O3/c1-22-38-28-9-8-25(45-2)17-31(28)43(22)21-32(44)42-15-14-41(20-24-18-35-11-12-36-24)13-10-30(42)33-37-19-29(39-33)26-16-23-6-4-5-7-27(23)40-34(26)46-3/h4-9,11-12,16-19,30H,10,13-15,20-21H2,1-3H3,(H,37,39). The predicted molar refractivity (Wildman–Crippen MR) is 173 cm³/mol. The number of hydrogen-bond donors (Lipinski definition) is 1. The van der Waals surface area contributed by atoms with Crippen LogP contribution in [-0.4, -0.2) is 84.0 Å². The summed E-state index contributed by atoms with van der Waals surface area (Å²) >= 11 is 0. The van der Waals surface area contributed by atoms with Gasteiger partial charge in [-0.1, -0.05) is 18.2 Å². The van der Waals surface area contributed by atoms with E-state index >= 15 is 0 Å². The Balaban J connectivity index is 1.22. The average molecular weight is 618 g/mol. The first kappa shape index (κ1) is 29.4. The van der Waals surface area contributed by atoms with Crippen molar-refractivity contribution in [3.63, 3.8) is 0 Å². The molecule has 2 aromatic carbocycles. The molecule has 0 aliphatic carbocycles. The Bertz CT molecular complexity index is 2010. The highest BCUT2D eigenvalue weighted by molar-refractivity contribution is 5.85. The van der Waals surface area contributed by atoms with Gasteiger partial charge in [-0.3, -0.25) is 19.7 Å². The van der Waals surface area contributed by atoms with Crippen molar-refractivity contribution in [1.29, 1.82) is 0 Å². The first-order chi connectivity index (χ1) is 22.5. The molecule has 1 saturated heterocycles. The second kappa shape index (κ2) is 12.6. The maximum Gasteiger partial charge on any atom is 0.243 e. The summed E-state index contributed by atoms with van der Waals surface area (Å²) in [6.45, 7) is 4.68. The summed E-state index contributed by atoms with van der Waals surface area (Å²) in [5.41, 5.74) is 5.02. The van der Waals surface area contributed by atoms with Gasteiger partial charge in [-0.15, -0.1) is 0 Å². The second-order valence-corrected chi connectivity index (χ2v) is 11.4. The van der Waals surface area contributed by atoms with E-state index in [1.54, 1.807) is 39.0 Å². The molecule has 1 unspecified atom stereocenters. The first-order valence-corrected chi connectivity index (χ1v) is 15.3. The molecule has 0 saturated carbocycles. The van der Waals surface area contributed by atoms with E-state index in [1.165, 1.54) is 0 Å². The molecule has 1 aliphatic heterocycles. The highest BCUT2D eigenvalue weighted by Gasteiger charge is 2.32. The van der Waals surface area contributed by atoms with Gasteiger partial charge in [0.1, 0.15) is 23.9 Å². The number of nitrogens with zero attached hydrogens (tertiary/aromatic N) is 8. The van der Waals surface area contributed by atoms with Crippen LogP contribution < -0.4 is 9.47 Å². The third-order valence-electron chi connectivity index (χ3n) is 8.60. The molecule has 0 radical (unpaired) electrons. The summed E-state index contributed by atoms with van der Waals surface area (Å²) < 4.78 is 13.1. The lowest BCUT2D eigenvalue weighted by Crippen LogP contribution is -2.39. The zero-order valence-corrected chi connectivity index (χ0v) is 26.1. The Labute approximate surface area is 266 Å². The van der Waals surface area contributed by atoms with Crippen LogP contribution in [0.25, 0.3) is 33.2 Å². The van der Waals surface area contributed by atoms with Gasteiger partial charge in [0.05, 0.1) is 60.0 Å². The predicted octanol–water partition coefficient (Wildman–Crippen LogP) is 4.57. The van der Waals surface area contributed by atoms with Crippen molar-refractivity contribution >= 4 is 27.8 Å². The van der Waals surface area contributed by atoms with Crippen LogP contribution in [0.2, 0.25) is 0 Å². The lowest BCUT2D eigenvalue weighted by molar-refractivity contribution is -0.134. The monoisotopic (exact) mass is 617 g/mol. The average Bonchev–Trinajstić information content (AvgIpc) is 3.62. The topological polar surface area (TPSA) is 127 Å². The number of carbonyl (C=O) groups is 1. The van der Waals surface area contributed by atoms with Gasteiger partial charge >= 0.3 is 0 Å². The van der Waals surface area contributed by atoms with Crippen molar-refractivity contribution in [1.82, 2.24) is 44.3 Å². The molecule has 0 bridgehead atoms. The molecular weight excluding hydrogens is 582 g/mol. The number of carbonyl (C=O) groups excluding carboxylic acids is 1. The number of rotatable bonds is 8. The molecule has 7 rings (SSSR count). The number of hydrogen-bond acceptors (Lipinski definition) is 9. The van der Waals surface area contributed by atoms with E-state index in [2.05, 4.69) is 25.9 Å². The van der Waals surface area contributed by atoms with Crippen LogP contribution >= 0.6 is 0 Å². The van der Waals surface area contributed by atoms with Gasteiger partial charge in [-0.25, -0.2) is 15.0 Å². The SMILES string of the molecule is COc1ccc2nc(C)n(CC(=O)N3CCN(Cc4cnccn4)CCC3c3ncc(-c4cc5ccccc5nc4OC)[nH]3)c2c1. The van der Waals surface area contributed by atoms with Gasteiger partial charge in [0.2, 0.25) is 11.8 Å². The minimum atomic E-state index is -0.280. The number of aromatic nitrogens is 7. The molecule has 234 valence electrons. The molecule has 1 fully saturated rings. The lowest BCUT2D eigenvalue weighted by Gasteiger charge is -2.29. The van der Waals surface area contributed by atoms with Crippen LogP contribution in [0.4, 0.5) is 0 Å². The number of para-hydroxylation sites is 1. The summed E-state index contributed by atoms with van der Waals surface area (Å²) in [7, 11) is 3.25. The Morgan fingerprint density at radius 3 is 2.67 bits per heavy atom. The molecule has 4 aromatic heterocycles. The fourth-order valence-corrected chi connectivity index (χ4v) is 6.22. The molecule has 0 spiro atoms. The van der Waals surface area contributed by atoms with Crippen molar-refractivity contribution in [2.45, 2.75) is 32.5 Å². The smallest absolute Gasteiger partial charge is 0.243 e. The quantitative estimate of drug-likeness (QED) is 0.261. The van der Waals surface area contributed by atoms with E-state index in [0.717, 1.165) is 57.0 Å². The highest BCUT2D eigenvalue weighted by Crippen LogP contribution is 2.33. The number of amides is 1. The molecule has 6 aromatic rings. The van der Waals surface area contributed by atoms with Gasteiger partial charge in [0.25, 0.3) is 0 Å². The van der Waals surface area contributed by atoms with Gasteiger partial charge in [0.15, 0.2) is 0 Å². The summed E-state index contributed by atoms with van der Waals surface area (Å²) in [5, 5.41) is 1.000. The number of H-pyrrole nitrogens is 1. The van der Waals surface area contributed by atoms with E-state index in [-0.39, 0.29) is 18.5 Å². The zero-order valence-electron chi connectivity index (χ0n) is 26.1. The van der Waals surface area contributed by atoms with Crippen molar-refractivity contribution in [3.8, 4) is 22.9 Å². The Hall–Kier alpha value is -5.36. The van der Waals surface area contributed by atoms with E-state index in [9.17, 15) is 4.79 Å². The van der Waals surface area contributed by atoms with E-state index < -0.39 is 0 Å². The van der Waals surface area contributed by atoms with Crippen molar-refractivity contribution in [2.75, 3.05) is 33.9 Å². The van der Waals surface area contributed by atoms with Gasteiger partial charge < -0.3 is 23.9 Å². The number of benzene rings is 2. The Morgan fingerprint density at radius 2 is 1.85 bits per heavy atom.